The molecule has 0 spiro atoms. The van der Waals surface area contributed by atoms with Gasteiger partial charge < -0.3 is 4.90 Å². The zero-order valence-corrected chi connectivity index (χ0v) is 8.99. The Hall–Kier alpha value is -1.49. The summed E-state index contributed by atoms with van der Waals surface area (Å²) in [5.74, 6) is 0. The van der Waals surface area contributed by atoms with E-state index >= 15 is 0 Å². The lowest BCUT2D eigenvalue weighted by atomic mass is 10.1. The van der Waals surface area contributed by atoms with Crippen molar-refractivity contribution in [3.8, 4) is 12.5 Å². The molecule has 0 aliphatic heterocycles. The quantitative estimate of drug-likeness (QED) is 0.527. The molecule has 2 heteroatoms. The van der Waals surface area contributed by atoms with E-state index in [4.69, 9.17) is 6.42 Å². The van der Waals surface area contributed by atoms with E-state index in [-0.39, 0.29) is 6.04 Å². The molecule has 0 saturated carbocycles. The zero-order chi connectivity index (χ0) is 11.1. The monoisotopic (exact) mass is 205 g/mol. The summed E-state index contributed by atoms with van der Waals surface area (Å²) in [6, 6.07) is 12.8. The smallest absolute Gasteiger partial charge is 0.108 e. The van der Waals surface area contributed by atoms with Crippen LogP contribution in [0.15, 0.2) is 30.3 Å². The second kappa shape index (κ2) is 6.08. The summed E-state index contributed by atoms with van der Waals surface area (Å²) in [5.41, 5.74) is 1.23. The Kier molecular flexibility index (Phi) is 4.70. The summed E-state index contributed by atoms with van der Waals surface area (Å²) < 4.78 is 12.2. The van der Waals surface area contributed by atoms with Crippen LogP contribution in [0.1, 0.15) is 12.5 Å². The molecular weight excluding hydrogens is 189 g/mol. The third-order valence-corrected chi connectivity index (χ3v) is 2.40. The van der Waals surface area contributed by atoms with Crippen LogP contribution in [-0.2, 0) is 6.42 Å². The second-order valence-corrected chi connectivity index (χ2v) is 3.55. The van der Waals surface area contributed by atoms with Gasteiger partial charge in [0.15, 0.2) is 0 Å². The standard InChI is InChI=1S/C13H16FN/c1-3-15(10-9-14)12(2)11-13-7-5-4-6-8-13/h1,4-8,12H,9-11H2,2H3. The van der Waals surface area contributed by atoms with Gasteiger partial charge in [-0.3, -0.25) is 0 Å². The van der Waals surface area contributed by atoms with Gasteiger partial charge >= 0.3 is 0 Å². The van der Waals surface area contributed by atoms with E-state index < -0.39 is 6.67 Å². The highest BCUT2D eigenvalue weighted by Crippen LogP contribution is 2.07. The van der Waals surface area contributed by atoms with Gasteiger partial charge in [-0.25, -0.2) is 4.39 Å². The molecule has 1 aromatic rings. The van der Waals surface area contributed by atoms with E-state index in [1.807, 2.05) is 25.1 Å². The maximum atomic E-state index is 12.2. The van der Waals surface area contributed by atoms with E-state index in [1.165, 1.54) is 5.56 Å². The molecule has 0 saturated heterocycles. The molecule has 0 N–H and O–H groups in total. The minimum atomic E-state index is -0.399. The molecule has 0 radical (unpaired) electrons. The molecule has 1 atom stereocenters. The third kappa shape index (κ3) is 3.63. The molecule has 1 unspecified atom stereocenters. The van der Waals surface area contributed by atoms with Crippen LogP contribution in [0.5, 0.6) is 0 Å². The summed E-state index contributed by atoms with van der Waals surface area (Å²) in [7, 11) is 0. The van der Waals surface area contributed by atoms with Crippen molar-refractivity contribution in [1.29, 1.82) is 0 Å². The predicted octanol–water partition coefficient (Wildman–Crippen LogP) is 2.48. The molecule has 15 heavy (non-hydrogen) atoms. The van der Waals surface area contributed by atoms with Gasteiger partial charge in [-0.15, -0.1) is 0 Å². The van der Waals surface area contributed by atoms with Crippen molar-refractivity contribution in [2.24, 2.45) is 0 Å². The average molecular weight is 205 g/mol. The Morgan fingerprint density at radius 1 is 1.40 bits per heavy atom. The lowest BCUT2D eigenvalue weighted by Gasteiger charge is -2.24. The van der Waals surface area contributed by atoms with Gasteiger partial charge in [0.05, 0.1) is 6.54 Å². The highest BCUT2D eigenvalue weighted by atomic mass is 19.1. The van der Waals surface area contributed by atoms with Crippen LogP contribution in [0.25, 0.3) is 0 Å². The zero-order valence-electron chi connectivity index (χ0n) is 8.99. The van der Waals surface area contributed by atoms with Crippen LogP contribution in [-0.4, -0.2) is 24.2 Å². The molecule has 0 amide bonds. The fourth-order valence-corrected chi connectivity index (χ4v) is 1.57. The molecule has 0 aromatic heterocycles. The van der Waals surface area contributed by atoms with Gasteiger partial charge in [0.2, 0.25) is 0 Å². The topological polar surface area (TPSA) is 3.24 Å². The number of benzene rings is 1. The van der Waals surface area contributed by atoms with E-state index in [9.17, 15) is 4.39 Å². The molecule has 1 aromatic carbocycles. The van der Waals surface area contributed by atoms with Crippen molar-refractivity contribution >= 4 is 0 Å². The summed E-state index contributed by atoms with van der Waals surface area (Å²) in [5, 5.41) is 0. The normalized spacial score (nSPS) is 11.8. The van der Waals surface area contributed by atoms with Gasteiger partial charge in [0.1, 0.15) is 6.67 Å². The number of nitrogens with zero attached hydrogens (tertiary/aromatic N) is 1. The van der Waals surface area contributed by atoms with Crippen LogP contribution >= 0.6 is 0 Å². The van der Waals surface area contributed by atoms with Crippen molar-refractivity contribution in [2.45, 2.75) is 19.4 Å². The Labute approximate surface area is 90.9 Å². The van der Waals surface area contributed by atoms with Crippen LogP contribution < -0.4 is 0 Å². The Bertz CT molecular complexity index is 315. The van der Waals surface area contributed by atoms with E-state index in [2.05, 4.69) is 18.2 Å². The van der Waals surface area contributed by atoms with Gasteiger partial charge in [-0.2, -0.15) is 0 Å². The number of alkyl halides is 1. The first kappa shape index (κ1) is 11.6. The predicted molar refractivity (Wildman–Crippen MR) is 61.1 cm³/mol. The van der Waals surface area contributed by atoms with Gasteiger partial charge in [-0.1, -0.05) is 36.8 Å². The molecule has 1 nitrogen and oxygen atoms in total. The van der Waals surface area contributed by atoms with E-state index in [0.29, 0.717) is 6.54 Å². The number of hydrogen-bond acceptors (Lipinski definition) is 1. The summed E-state index contributed by atoms with van der Waals surface area (Å²) in [4.78, 5) is 1.70. The summed E-state index contributed by atoms with van der Waals surface area (Å²) in [6.07, 6.45) is 6.17. The number of terminal acetylenes is 1. The summed E-state index contributed by atoms with van der Waals surface area (Å²) >= 11 is 0. The maximum Gasteiger partial charge on any atom is 0.108 e. The van der Waals surface area contributed by atoms with Crippen LogP contribution in [0.4, 0.5) is 4.39 Å². The molecular formula is C13H16FN. The number of hydrogen-bond donors (Lipinski definition) is 0. The number of rotatable bonds is 5. The third-order valence-electron chi connectivity index (χ3n) is 2.40. The maximum absolute atomic E-state index is 12.2. The van der Waals surface area contributed by atoms with E-state index in [0.717, 1.165) is 6.42 Å². The first-order valence-corrected chi connectivity index (χ1v) is 5.10. The molecule has 1 rings (SSSR count). The van der Waals surface area contributed by atoms with Crippen molar-refractivity contribution < 1.29 is 4.39 Å². The lowest BCUT2D eigenvalue weighted by molar-refractivity contribution is 0.279. The fraction of sp³-hybridized carbons (Fsp3) is 0.385. The second-order valence-electron chi connectivity index (χ2n) is 3.55. The highest BCUT2D eigenvalue weighted by Gasteiger charge is 2.10. The largest absolute Gasteiger partial charge is 0.327 e. The first-order valence-electron chi connectivity index (χ1n) is 5.10. The Morgan fingerprint density at radius 2 is 2.07 bits per heavy atom. The molecule has 0 aliphatic rings. The minimum absolute atomic E-state index is 0.174. The summed E-state index contributed by atoms with van der Waals surface area (Å²) in [6.45, 7) is 1.93. The molecule has 0 aliphatic carbocycles. The van der Waals surface area contributed by atoms with Gasteiger partial charge in [0, 0.05) is 12.1 Å². The van der Waals surface area contributed by atoms with Crippen LogP contribution in [0.3, 0.4) is 0 Å². The van der Waals surface area contributed by atoms with Crippen molar-refractivity contribution in [1.82, 2.24) is 4.90 Å². The van der Waals surface area contributed by atoms with Crippen LogP contribution in [0.2, 0.25) is 0 Å². The van der Waals surface area contributed by atoms with E-state index in [1.54, 1.807) is 4.90 Å². The molecule has 80 valence electrons. The fourth-order valence-electron chi connectivity index (χ4n) is 1.57. The Morgan fingerprint density at radius 3 is 2.60 bits per heavy atom. The highest BCUT2D eigenvalue weighted by molar-refractivity contribution is 5.16. The molecule has 0 heterocycles. The average Bonchev–Trinajstić information content (AvgIpc) is 2.27. The van der Waals surface area contributed by atoms with Gasteiger partial charge in [-0.05, 0) is 18.9 Å². The van der Waals surface area contributed by atoms with Crippen molar-refractivity contribution in [3.05, 3.63) is 35.9 Å². The molecule has 0 fully saturated rings. The Balaban J connectivity index is 2.55. The SMILES string of the molecule is C#CN(CCF)C(C)Cc1ccccc1. The minimum Gasteiger partial charge on any atom is -0.327 e. The van der Waals surface area contributed by atoms with Gasteiger partial charge in [0.25, 0.3) is 0 Å². The lowest BCUT2D eigenvalue weighted by Crippen LogP contribution is -2.32. The molecule has 0 bridgehead atoms. The van der Waals surface area contributed by atoms with Crippen LogP contribution in [0, 0.1) is 12.5 Å². The number of halogens is 1. The van der Waals surface area contributed by atoms with Crippen molar-refractivity contribution in [3.63, 3.8) is 0 Å². The first-order chi connectivity index (χ1) is 7.27. The van der Waals surface area contributed by atoms with Crippen molar-refractivity contribution in [2.75, 3.05) is 13.2 Å².